The molecule has 0 spiro atoms. The van der Waals surface area contributed by atoms with Crippen LogP contribution in [-0.4, -0.2) is 11.1 Å². The highest BCUT2D eigenvalue weighted by Gasteiger charge is 2.24. The van der Waals surface area contributed by atoms with Gasteiger partial charge in [-0.05, 0) is 40.8 Å². The van der Waals surface area contributed by atoms with E-state index in [1.807, 2.05) is 18.2 Å². The van der Waals surface area contributed by atoms with Gasteiger partial charge in [-0.25, -0.2) is 0 Å². The molecule has 2 nitrogen and oxygen atoms in total. The molecule has 0 saturated heterocycles. The van der Waals surface area contributed by atoms with Crippen LogP contribution >= 0.6 is 15.9 Å². The first kappa shape index (κ1) is 12.9. The third-order valence-electron chi connectivity index (χ3n) is 3.46. The molecule has 0 aliphatic heterocycles. The lowest BCUT2D eigenvalue weighted by Gasteiger charge is -2.17. The summed E-state index contributed by atoms with van der Waals surface area (Å²) in [7, 11) is 0. The minimum absolute atomic E-state index is 0.362. The predicted octanol–water partition coefficient (Wildman–Crippen LogP) is 3.82. The Hall–Kier alpha value is -0.540. The summed E-state index contributed by atoms with van der Waals surface area (Å²) in [5.74, 6) is 1.31. The van der Waals surface area contributed by atoms with Crippen molar-refractivity contribution in [2.24, 2.45) is 5.92 Å². The summed E-state index contributed by atoms with van der Waals surface area (Å²) in [5, 5.41) is 13.4. The van der Waals surface area contributed by atoms with Crippen LogP contribution in [0.4, 0.5) is 0 Å². The zero-order valence-electron chi connectivity index (χ0n) is 10.2. The first-order chi connectivity index (χ1) is 8.20. The number of halogens is 1. The largest absolute Gasteiger partial charge is 0.506 e. The Morgan fingerprint density at radius 1 is 1.47 bits per heavy atom. The maximum absolute atomic E-state index is 9.89. The van der Waals surface area contributed by atoms with E-state index in [0.717, 1.165) is 28.9 Å². The maximum atomic E-state index is 9.89. The Morgan fingerprint density at radius 3 is 2.88 bits per heavy atom. The van der Waals surface area contributed by atoms with E-state index >= 15 is 0 Å². The number of rotatable bonds is 6. The molecule has 94 valence electrons. The molecule has 0 radical (unpaired) electrons. The van der Waals surface area contributed by atoms with Crippen molar-refractivity contribution in [2.45, 2.75) is 45.2 Å². The van der Waals surface area contributed by atoms with E-state index in [1.165, 1.54) is 19.3 Å². The highest BCUT2D eigenvalue weighted by molar-refractivity contribution is 9.10. The summed E-state index contributed by atoms with van der Waals surface area (Å²) in [6, 6.07) is 6.38. The lowest BCUT2D eigenvalue weighted by atomic mass is 10.1. The molecule has 1 aromatic rings. The molecular formula is C14H20BrNO. The van der Waals surface area contributed by atoms with Crippen LogP contribution < -0.4 is 5.32 Å². The normalized spacial score (nSPS) is 17.1. The Bertz CT molecular complexity index is 376. The summed E-state index contributed by atoms with van der Waals surface area (Å²) in [4.78, 5) is 0. The second-order valence-corrected chi connectivity index (χ2v) is 5.77. The van der Waals surface area contributed by atoms with Gasteiger partial charge in [-0.1, -0.05) is 31.9 Å². The predicted molar refractivity (Wildman–Crippen MR) is 74.1 cm³/mol. The number of hydrogen-bond donors (Lipinski definition) is 2. The fourth-order valence-electron chi connectivity index (χ4n) is 2.11. The maximum Gasteiger partial charge on any atom is 0.134 e. The van der Waals surface area contributed by atoms with Gasteiger partial charge in [-0.15, -0.1) is 0 Å². The first-order valence-electron chi connectivity index (χ1n) is 6.40. The molecule has 0 bridgehead atoms. The molecule has 1 fully saturated rings. The zero-order chi connectivity index (χ0) is 12.3. The van der Waals surface area contributed by atoms with Gasteiger partial charge < -0.3 is 10.4 Å². The third kappa shape index (κ3) is 3.71. The summed E-state index contributed by atoms with van der Waals surface area (Å²) in [6.45, 7) is 2.97. The van der Waals surface area contributed by atoms with Crippen LogP contribution in [-0.2, 0) is 6.54 Å². The van der Waals surface area contributed by atoms with E-state index in [0.29, 0.717) is 11.8 Å². The fourth-order valence-corrected chi connectivity index (χ4v) is 2.51. The number of phenols is 1. The number of benzene rings is 1. The molecule has 3 heteroatoms. The van der Waals surface area contributed by atoms with Gasteiger partial charge in [0.2, 0.25) is 0 Å². The molecule has 1 aromatic carbocycles. The summed E-state index contributed by atoms with van der Waals surface area (Å²) < 4.78 is 0.770. The van der Waals surface area contributed by atoms with E-state index in [4.69, 9.17) is 0 Å². The van der Waals surface area contributed by atoms with Crippen LogP contribution in [0.25, 0.3) is 0 Å². The number of aromatic hydroxyl groups is 1. The average Bonchev–Trinajstić information content (AvgIpc) is 3.13. The number of para-hydroxylation sites is 1. The van der Waals surface area contributed by atoms with Gasteiger partial charge in [0.15, 0.2) is 0 Å². The van der Waals surface area contributed by atoms with Crippen molar-refractivity contribution < 1.29 is 5.11 Å². The SMILES string of the molecule is CCC(CC1CC1)NCc1cccc(Br)c1O. The standard InChI is InChI=1S/C14H20BrNO/c1-2-12(8-10-6-7-10)16-9-11-4-3-5-13(15)14(11)17/h3-5,10,12,16-17H,2,6-9H2,1H3. The Kier molecular flexibility index (Phi) is 4.46. The van der Waals surface area contributed by atoms with Gasteiger partial charge in [-0.3, -0.25) is 0 Å². The second kappa shape index (κ2) is 5.87. The average molecular weight is 298 g/mol. The van der Waals surface area contributed by atoms with E-state index in [2.05, 4.69) is 28.2 Å². The van der Waals surface area contributed by atoms with Crippen molar-refractivity contribution in [3.05, 3.63) is 28.2 Å². The Balaban J connectivity index is 1.88. The number of nitrogens with one attached hydrogen (secondary N) is 1. The Labute approximate surface area is 112 Å². The van der Waals surface area contributed by atoms with E-state index in [9.17, 15) is 5.11 Å². The van der Waals surface area contributed by atoms with Gasteiger partial charge in [0, 0.05) is 18.2 Å². The molecule has 1 atom stereocenters. The van der Waals surface area contributed by atoms with Crippen molar-refractivity contribution >= 4 is 15.9 Å². The topological polar surface area (TPSA) is 32.3 Å². The minimum Gasteiger partial charge on any atom is -0.506 e. The van der Waals surface area contributed by atoms with Crippen molar-refractivity contribution in [1.29, 1.82) is 0 Å². The van der Waals surface area contributed by atoms with Gasteiger partial charge in [0.05, 0.1) is 4.47 Å². The second-order valence-electron chi connectivity index (χ2n) is 4.91. The van der Waals surface area contributed by atoms with E-state index < -0.39 is 0 Å². The molecule has 2 rings (SSSR count). The molecule has 0 aromatic heterocycles. The molecular weight excluding hydrogens is 278 g/mol. The molecule has 0 amide bonds. The first-order valence-corrected chi connectivity index (χ1v) is 7.19. The molecule has 1 unspecified atom stereocenters. The van der Waals surface area contributed by atoms with Crippen LogP contribution in [0.2, 0.25) is 0 Å². The number of phenolic OH excluding ortho intramolecular Hbond substituents is 1. The van der Waals surface area contributed by atoms with Gasteiger partial charge in [0.1, 0.15) is 5.75 Å². The van der Waals surface area contributed by atoms with Crippen molar-refractivity contribution in [2.75, 3.05) is 0 Å². The molecule has 1 saturated carbocycles. The smallest absolute Gasteiger partial charge is 0.134 e. The van der Waals surface area contributed by atoms with Gasteiger partial charge >= 0.3 is 0 Å². The molecule has 1 aliphatic carbocycles. The van der Waals surface area contributed by atoms with Crippen LogP contribution in [0, 0.1) is 5.92 Å². The van der Waals surface area contributed by atoms with Gasteiger partial charge in [0.25, 0.3) is 0 Å². The highest BCUT2D eigenvalue weighted by Crippen LogP contribution is 2.34. The van der Waals surface area contributed by atoms with Crippen LogP contribution in [0.3, 0.4) is 0 Å². The van der Waals surface area contributed by atoms with Crippen LogP contribution in [0.15, 0.2) is 22.7 Å². The number of hydrogen-bond acceptors (Lipinski definition) is 2. The summed E-state index contributed by atoms with van der Waals surface area (Å²) in [5.41, 5.74) is 0.966. The lowest BCUT2D eigenvalue weighted by Crippen LogP contribution is -2.28. The molecule has 2 N–H and O–H groups in total. The fraction of sp³-hybridized carbons (Fsp3) is 0.571. The van der Waals surface area contributed by atoms with Crippen molar-refractivity contribution in [3.63, 3.8) is 0 Å². The van der Waals surface area contributed by atoms with Crippen molar-refractivity contribution in [3.8, 4) is 5.75 Å². The molecule has 0 heterocycles. The summed E-state index contributed by atoms with van der Waals surface area (Å²) in [6.07, 6.45) is 5.25. The zero-order valence-corrected chi connectivity index (χ0v) is 11.8. The van der Waals surface area contributed by atoms with Crippen LogP contribution in [0.5, 0.6) is 5.75 Å². The lowest BCUT2D eigenvalue weighted by molar-refractivity contribution is 0.428. The monoisotopic (exact) mass is 297 g/mol. The Morgan fingerprint density at radius 2 is 2.24 bits per heavy atom. The quantitative estimate of drug-likeness (QED) is 0.836. The van der Waals surface area contributed by atoms with Gasteiger partial charge in [-0.2, -0.15) is 0 Å². The van der Waals surface area contributed by atoms with E-state index in [1.54, 1.807) is 0 Å². The van der Waals surface area contributed by atoms with Crippen molar-refractivity contribution in [1.82, 2.24) is 5.32 Å². The third-order valence-corrected chi connectivity index (χ3v) is 4.10. The highest BCUT2D eigenvalue weighted by atomic mass is 79.9. The minimum atomic E-state index is 0.362. The summed E-state index contributed by atoms with van der Waals surface area (Å²) >= 11 is 3.34. The molecule has 1 aliphatic rings. The van der Waals surface area contributed by atoms with Crippen LogP contribution in [0.1, 0.15) is 38.2 Å². The molecule has 17 heavy (non-hydrogen) atoms. The van der Waals surface area contributed by atoms with E-state index in [-0.39, 0.29) is 0 Å².